The zero-order valence-corrected chi connectivity index (χ0v) is 10.9. The van der Waals surface area contributed by atoms with E-state index in [0.717, 1.165) is 18.0 Å². The highest BCUT2D eigenvalue weighted by atomic mass is 35.5. The van der Waals surface area contributed by atoms with Gasteiger partial charge in [-0.15, -0.1) is 0 Å². The summed E-state index contributed by atoms with van der Waals surface area (Å²) >= 11 is 6.00. The van der Waals surface area contributed by atoms with E-state index < -0.39 is 0 Å². The fourth-order valence-electron chi connectivity index (χ4n) is 2.54. The summed E-state index contributed by atoms with van der Waals surface area (Å²) in [6, 6.07) is 5.19. The molecule has 17 heavy (non-hydrogen) atoms. The summed E-state index contributed by atoms with van der Waals surface area (Å²) < 4.78 is 12.9. The van der Waals surface area contributed by atoms with Crippen molar-refractivity contribution in [2.24, 2.45) is 5.92 Å². The maximum absolute atomic E-state index is 12.9. The van der Waals surface area contributed by atoms with E-state index in [2.05, 4.69) is 12.2 Å². The second-order valence-corrected chi connectivity index (χ2v) is 5.49. The maximum Gasteiger partial charge on any atom is 0.124 e. The Hall–Kier alpha value is -0.600. The van der Waals surface area contributed by atoms with Crippen LogP contribution in [0.2, 0.25) is 5.02 Å². The average molecular weight is 256 g/mol. The highest BCUT2D eigenvalue weighted by Gasteiger charge is 2.18. The molecule has 0 saturated heterocycles. The number of hydrogen-bond donors (Lipinski definition) is 1. The Morgan fingerprint density at radius 1 is 1.41 bits per heavy atom. The lowest BCUT2D eigenvalue weighted by Crippen LogP contribution is -2.33. The van der Waals surface area contributed by atoms with Crippen molar-refractivity contribution in [3.8, 4) is 0 Å². The van der Waals surface area contributed by atoms with Crippen molar-refractivity contribution in [1.29, 1.82) is 0 Å². The van der Waals surface area contributed by atoms with Gasteiger partial charge in [0.1, 0.15) is 5.82 Å². The van der Waals surface area contributed by atoms with Crippen molar-refractivity contribution < 1.29 is 4.39 Å². The highest BCUT2D eigenvalue weighted by Crippen LogP contribution is 2.24. The molecule has 1 aromatic carbocycles. The van der Waals surface area contributed by atoms with Gasteiger partial charge < -0.3 is 5.32 Å². The highest BCUT2D eigenvalue weighted by molar-refractivity contribution is 6.31. The molecule has 1 aromatic rings. The molecule has 0 spiro atoms. The minimum atomic E-state index is -0.273. The first-order valence-corrected chi connectivity index (χ1v) is 6.70. The van der Waals surface area contributed by atoms with Crippen LogP contribution >= 0.6 is 11.6 Å². The predicted molar refractivity (Wildman–Crippen MR) is 69.7 cm³/mol. The third kappa shape index (κ3) is 3.68. The lowest BCUT2D eigenvalue weighted by atomic mass is 9.87. The molecular weight excluding hydrogens is 237 g/mol. The molecule has 1 nitrogen and oxygen atoms in total. The number of benzene rings is 1. The molecule has 2 rings (SSSR count). The zero-order valence-electron chi connectivity index (χ0n) is 10.2. The molecule has 1 aliphatic rings. The monoisotopic (exact) mass is 255 g/mol. The van der Waals surface area contributed by atoms with Crippen LogP contribution in [0.25, 0.3) is 0 Å². The summed E-state index contributed by atoms with van der Waals surface area (Å²) in [5.74, 6) is 0.537. The summed E-state index contributed by atoms with van der Waals surface area (Å²) in [7, 11) is 0. The van der Waals surface area contributed by atoms with E-state index in [1.54, 1.807) is 6.07 Å². The van der Waals surface area contributed by atoms with Crippen molar-refractivity contribution in [1.82, 2.24) is 5.32 Å². The van der Waals surface area contributed by atoms with Crippen LogP contribution in [0, 0.1) is 11.7 Å². The lowest BCUT2D eigenvalue weighted by molar-refractivity contribution is 0.300. The third-order valence-electron chi connectivity index (χ3n) is 3.53. The summed E-state index contributed by atoms with van der Waals surface area (Å²) in [6.07, 6.45) is 5.12. The normalized spacial score (nSPS) is 24.9. The van der Waals surface area contributed by atoms with Crippen LogP contribution in [-0.2, 0) is 6.54 Å². The van der Waals surface area contributed by atoms with Crippen LogP contribution in [0.1, 0.15) is 38.2 Å². The van der Waals surface area contributed by atoms with Crippen LogP contribution in [0.4, 0.5) is 4.39 Å². The zero-order chi connectivity index (χ0) is 12.3. The summed E-state index contributed by atoms with van der Waals surface area (Å²) in [6.45, 7) is 3.04. The fraction of sp³-hybridized carbons (Fsp3) is 0.571. The first kappa shape index (κ1) is 12.8. The number of rotatable bonds is 3. The van der Waals surface area contributed by atoms with Gasteiger partial charge in [-0.3, -0.25) is 0 Å². The maximum atomic E-state index is 12.9. The van der Waals surface area contributed by atoms with Gasteiger partial charge in [-0.1, -0.05) is 37.4 Å². The number of hydrogen-bond acceptors (Lipinski definition) is 1. The van der Waals surface area contributed by atoms with Gasteiger partial charge in [0.05, 0.1) is 0 Å². The van der Waals surface area contributed by atoms with Crippen molar-refractivity contribution in [2.45, 2.75) is 45.2 Å². The Labute approximate surface area is 107 Å². The molecule has 0 amide bonds. The molecule has 1 N–H and O–H groups in total. The van der Waals surface area contributed by atoms with E-state index in [9.17, 15) is 4.39 Å². The van der Waals surface area contributed by atoms with Crippen LogP contribution < -0.4 is 5.32 Å². The molecule has 3 heteroatoms. The smallest absolute Gasteiger partial charge is 0.124 e. The van der Waals surface area contributed by atoms with E-state index in [4.69, 9.17) is 11.6 Å². The second-order valence-electron chi connectivity index (χ2n) is 5.09. The molecule has 94 valence electrons. The number of halogens is 2. The molecule has 0 aliphatic heterocycles. The van der Waals surface area contributed by atoms with Crippen molar-refractivity contribution in [3.63, 3.8) is 0 Å². The van der Waals surface area contributed by atoms with Gasteiger partial charge in [-0.05, 0) is 36.5 Å². The van der Waals surface area contributed by atoms with Crippen molar-refractivity contribution in [2.75, 3.05) is 0 Å². The van der Waals surface area contributed by atoms with Gasteiger partial charge in [0, 0.05) is 17.6 Å². The molecular formula is C14H19ClFN. The van der Waals surface area contributed by atoms with Crippen LogP contribution in [0.3, 0.4) is 0 Å². The van der Waals surface area contributed by atoms with E-state index in [0.29, 0.717) is 11.1 Å². The number of nitrogens with one attached hydrogen (secondary N) is 1. The molecule has 1 saturated carbocycles. The van der Waals surface area contributed by atoms with Crippen molar-refractivity contribution in [3.05, 3.63) is 34.6 Å². The average Bonchev–Trinajstić information content (AvgIpc) is 2.28. The SMILES string of the molecule is CC1CCCC(NCc2ccc(F)cc2Cl)C1. The fourth-order valence-corrected chi connectivity index (χ4v) is 2.77. The predicted octanol–water partition coefficient (Wildman–Crippen LogP) is 4.15. The summed E-state index contributed by atoms with van der Waals surface area (Å²) in [4.78, 5) is 0. The van der Waals surface area contributed by atoms with Crippen LogP contribution in [0.15, 0.2) is 18.2 Å². The molecule has 0 bridgehead atoms. The summed E-state index contributed by atoms with van der Waals surface area (Å²) in [5, 5.41) is 4.04. The Kier molecular flexibility index (Phi) is 4.41. The second kappa shape index (κ2) is 5.83. The standard InChI is InChI=1S/C14H19ClFN/c1-10-3-2-4-13(7-10)17-9-11-5-6-12(16)8-14(11)15/h5-6,8,10,13,17H,2-4,7,9H2,1H3. The topological polar surface area (TPSA) is 12.0 Å². The first-order valence-electron chi connectivity index (χ1n) is 6.32. The van der Waals surface area contributed by atoms with Gasteiger partial charge in [-0.25, -0.2) is 4.39 Å². The molecule has 1 fully saturated rings. The van der Waals surface area contributed by atoms with E-state index in [-0.39, 0.29) is 5.82 Å². The minimum absolute atomic E-state index is 0.273. The van der Waals surface area contributed by atoms with Crippen LogP contribution in [0.5, 0.6) is 0 Å². The van der Waals surface area contributed by atoms with E-state index >= 15 is 0 Å². The first-order chi connectivity index (χ1) is 8.15. The Balaban J connectivity index is 1.88. The van der Waals surface area contributed by atoms with Crippen LogP contribution in [-0.4, -0.2) is 6.04 Å². The van der Waals surface area contributed by atoms with E-state index in [1.807, 2.05) is 0 Å². The Morgan fingerprint density at radius 3 is 2.94 bits per heavy atom. The van der Waals surface area contributed by atoms with Gasteiger partial charge in [0.2, 0.25) is 0 Å². The quantitative estimate of drug-likeness (QED) is 0.856. The Bertz CT molecular complexity index is 380. The molecule has 0 radical (unpaired) electrons. The molecule has 1 aliphatic carbocycles. The summed E-state index contributed by atoms with van der Waals surface area (Å²) in [5.41, 5.74) is 0.978. The van der Waals surface area contributed by atoms with Gasteiger partial charge in [0.25, 0.3) is 0 Å². The molecule has 2 atom stereocenters. The van der Waals surface area contributed by atoms with Crippen molar-refractivity contribution >= 4 is 11.6 Å². The van der Waals surface area contributed by atoms with Gasteiger partial charge in [-0.2, -0.15) is 0 Å². The lowest BCUT2D eigenvalue weighted by Gasteiger charge is -2.27. The van der Waals surface area contributed by atoms with Gasteiger partial charge in [0.15, 0.2) is 0 Å². The third-order valence-corrected chi connectivity index (χ3v) is 3.88. The molecule has 0 heterocycles. The largest absolute Gasteiger partial charge is 0.310 e. The van der Waals surface area contributed by atoms with E-state index in [1.165, 1.54) is 37.8 Å². The molecule has 0 aromatic heterocycles. The minimum Gasteiger partial charge on any atom is -0.310 e. The van der Waals surface area contributed by atoms with Gasteiger partial charge >= 0.3 is 0 Å². The Morgan fingerprint density at radius 2 is 2.24 bits per heavy atom. The molecule has 2 unspecified atom stereocenters.